The van der Waals surface area contributed by atoms with E-state index in [1.54, 1.807) is 0 Å². The van der Waals surface area contributed by atoms with Crippen LogP contribution in [0.4, 0.5) is 5.69 Å². The monoisotopic (exact) mass is 348 g/mol. The highest BCUT2D eigenvalue weighted by molar-refractivity contribution is 5.49. The summed E-state index contributed by atoms with van der Waals surface area (Å²) in [6, 6.07) is 21.3. The molecule has 1 N–H and O–H groups in total. The summed E-state index contributed by atoms with van der Waals surface area (Å²) in [6.07, 6.45) is 4.89. The Bertz CT molecular complexity index is 686. The van der Waals surface area contributed by atoms with Gasteiger partial charge in [0.1, 0.15) is 0 Å². The highest BCUT2D eigenvalue weighted by Gasteiger charge is 2.32. The first-order valence-corrected chi connectivity index (χ1v) is 10.4. The number of benzene rings is 2. The summed E-state index contributed by atoms with van der Waals surface area (Å²) >= 11 is 0. The second kappa shape index (κ2) is 7.84. The summed E-state index contributed by atoms with van der Waals surface area (Å²) in [4.78, 5) is 2.67. The van der Waals surface area contributed by atoms with Crippen molar-refractivity contribution in [1.82, 2.24) is 5.32 Å². The Morgan fingerprint density at radius 2 is 1.62 bits per heavy atom. The maximum atomic E-state index is 3.80. The molecular weight excluding hydrogens is 316 g/mol. The summed E-state index contributed by atoms with van der Waals surface area (Å²) in [7, 11) is 0. The Hall–Kier alpha value is -1.80. The zero-order chi connectivity index (χ0) is 17.9. The second-order valence-corrected chi connectivity index (χ2v) is 8.19. The van der Waals surface area contributed by atoms with Crippen LogP contribution in [0.15, 0.2) is 54.6 Å². The molecule has 1 fully saturated rings. The number of anilines is 1. The van der Waals surface area contributed by atoms with Crippen LogP contribution >= 0.6 is 0 Å². The zero-order valence-electron chi connectivity index (χ0n) is 16.2. The summed E-state index contributed by atoms with van der Waals surface area (Å²) < 4.78 is 0. The third kappa shape index (κ3) is 3.53. The molecule has 0 aromatic heterocycles. The van der Waals surface area contributed by atoms with Gasteiger partial charge in [-0.25, -0.2) is 0 Å². The molecule has 0 spiro atoms. The van der Waals surface area contributed by atoms with Crippen LogP contribution in [0.5, 0.6) is 0 Å². The second-order valence-electron chi connectivity index (χ2n) is 8.19. The van der Waals surface area contributed by atoms with Crippen LogP contribution in [0.25, 0.3) is 0 Å². The molecule has 138 valence electrons. The first-order chi connectivity index (χ1) is 12.8. The quantitative estimate of drug-likeness (QED) is 0.815. The molecule has 4 rings (SSSR count). The Kier molecular flexibility index (Phi) is 5.31. The Labute approximate surface area is 158 Å². The predicted molar refractivity (Wildman–Crippen MR) is 111 cm³/mol. The van der Waals surface area contributed by atoms with Crippen LogP contribution in [0, 0.1) is 11.8 Å². The Balaban J connectivity index is 1.48. The van der Waals surface area contributed by atoms with Gasteiger partial charge in [-0.2, -0.15) is 0 Å². The lowest BCUT2D eigenvalue weighted by Gasteiger charge is -2.33. The molecule has 2 heteroatoms. The molecule has 1 heterocycles. The van der Waals surface area contributed by atoms with Crippen molar-refractivity contribution in [3.63, 3.8) is 0 Å². The lowest BCUT2D eigenvalue weighted by atomic mass is 9.89. The maximum absolute atomic E-state index is 3.80. The minimum Gasteiger partial charge on any atom is -0.368 e. The van der Waals surface area contributed by atoms with E-state index in [9.17, 15) is 0 Å². The summed E-state index contributed by atoms with van der Waals surface area (Å²) in [5, 5.41) is 3.80. The number of nitrogens with one attached hydrogen (secondary N) is 1. The van der Waals surface area contributed by atoms with Crippen LogP contribution in [-0.4, -0.2) is 25.2 Å². The lowest BCUT2D eigenvalue weighted by molar-refractivity contribution is 0.370. The van der Waals surface area contributed by atoms with Crippen molar-refractivity contribution < 1.29 is 0 Å². The van der Waals surface area contributed by atoms with Crippen molar-refractivity contribution in [3.8, 4) is 0 Å². The topological polar surface area (TPSA) is 15.3 Å². The molecule has 2 aromatic carbocycles. The molecule has 1 aliphatic heterocycles. The van der Waals surface area contributed by atoms with Gasteiger partial charge < -0.3 is 10.2 Å². The van der Waals surface area contributed by atoms with Gasteiger partial charge in [0.15, 0.2) is 0 Å². The third-order valence-corrected chi connectivity index (χ3v) is 6.78. The number of para-hydroxylation sites is 1. The molecule has 3 atom stereocenters. The summed E-state index contributed by atoms with van der Waals surface area (Å²) in [5.74, 6) is 1.64. The van der Waals surface area contributed by atoms with Gasteiger partial charge in [0.05, 0.1) is 0 Å². The van der Waals surface area contributed by atoms with Crippen molar-refractivity contribution in [1.29, 1.82) is 0 Å². The third-order valence-electron chi connectivity index (χ3n) is 6.78. The molecule has 1 saturated heterocycles. The van der Waals surface area contributed by atoms with Crippen LogP contribution < -0.4 is 10.2 Å². The van der Waals surface area contributed by atoms with Gasteiger partial charge in [-0.3, -0.25) is 0 Å². The smallest absolute Gasteiger partial charge is 0.0370 e. The van der Waals surface area contributed by atoms with Crippen LogP contribution in [0.3, 0.4) is 0 Å². The molecule has 26 heavy (non-hydrogen) atoms. The SMILES string of the molecule is CCC1CNC(CCN(c2ccccc2)C2Cc3ccccc3C2)C1C. The van der Waals surface area contributed by atoms with Crippen LogP contribution in [0.1, 0.15) is 37.8 Å². The number of fused-ring (bicyclic) bond motifs is 1. The van der Waals surface area contributed by atoms with Crippen LogP contribution in [-0.2, 0) is 12.8 Å². The van der Waals surface area contributed by atoms with Gasteiger partial charge in [0, 0.05) is 24.3 Å². The fourth-order valence-electron chi connectivity index (χ4n) is 5.06. The first kappa shape index (κ1) is 17.6. The lowest BCUT2D eigenvalue weighted by Crippen LogP contribution is -2.40. The van der Waals surface area contributed by atoms with E-state index < -0.39 is 0 Å². The van der Waals surface area contributed by atoms with Gasteiger partial charge in [-0.05, 0) is 60.9 Å². The van der Waals surface area contributed by atoms with Crippen molar-refractivity contribution in [2.24, 2.45) is 11.8 Å². The maximum Gasteiger partial charge on any atom is 0.0370 e. The molecule has 1 aliphatic carbocycles. The van der Waals surface area contributed by atoms with E-state index in [-0.39, 0.29) is 0 Å². The molecule has 2 aromatic rings. The van der Waals surface area contributed by atoms with E-state index in [1.807, 2.05) is 0 Å². The standard InChI is InChI=1S/C24H32N2/c1-3-19-17-25-24(18(19)2)13-14-26(22-11-5-4-6-12-22)23-15-20-9-7-8-10-21(20)16-23/h4-12,18-19,23-25H,3,13-17H2,1-2H3. The van der Waals surface area contributed by atoms with Gasteiger partial charge in [0.2, 0.25) is 0 Å². The molecule has 2 nitrogen and oxygen atoms in total. The normalized spacial score (nSPS) is 25.4. The zero-order valence-corrected chi connectivity index (χ0v) is 16.2. The Morgan fingerprint density at radius 3 is 2.23 bits per heavy atom. The molecule has 0 bridgehead atoms. The van der Waals surface area contributed by atoms with Gasteiger partial charge in [-0.1, -0.05) is 62.7 Å². The minimum absolute atomic E-state index is 0.591. The largest absolute Gasteiger partial charge is 0.368 e. The number of rotatable bonds is 6. The highest BCUT2D eigenvalue weighted by atomic mass is 15.2. The van der Waals surface area contributed by atoms with Gasteiger partial charge in [-0.15, -0.1) is 0 Å². The molecule has 3 unspecified atom stereocenters. The average Bonchev–Trinajstić information content (AvgIpc) is 3.26. The van der Waals surface area contributed by atoms with Gasteiger partial charge in [0.25, 0.3) is 0 Å². The molecule has 0 saturated carbocycles. The van der Waals surface area contributed by atoms with E-state index >= 15 is 0 Å². The van der Waals surface area contributed by atoms with E-state index in [0.29, 0.717) is 12.1 Å². The predicted octanol–water partition coefficient (Wildman–Crippen LogP) is 4.68. The van der Waals surface area contributed by atoms with Gasteiger partial charge >= 0.3 is 0 Å². The first-order valence-electron chi connectivity index (χ1n) is 10.4. The molecule has 0 radical (unpaired) electrons. The highest BCUT2D eigenvalue weighted by Crippen LogP contribution is 2.31. The number of nitrogens with zero attached hydrogens (tertiary/aromatic N) is 1. The number of hydrogen-bond acceptors (Lipinski definition) is 2. The van der Waals surface area contributed by atoms with Crippen LogP contribution in [0.2, 0.25) is 0 Å². The average molecular weight is 349 g/mol. The molecule has 2 aliphatic rings. The van der Waals surface area contributed by atoms with Crippen molar-refractivity contribution >= 4 is 5.69 Å². The summed E-state index contributed by atoms with van der Waals surface area (Å²) in [6.45, 7) is 7.11. The van der Waals surface area contributed by atoms with Crippen molar-refractivity contribution in [2.75, 3.05) is 18.0 Å². The van der Waals surface area contributed by atoms with Crippen molar-refractivity contribution in [2.45, 2.75) is 51.6 Å². The fourth-order valence-corrected chi connectivity index (χ4v) is 5.06. The van der Waals surface area contributed by atoms with E-state index in [4.69, 9.17) is 0 Å². The van der Waals surface area contributed by atoms with E-state index in [0.717, 1.165) is 18.4 Å². The fraction of sp³-hybridized carbons (Fsp3) is 0.500. The van der Waals surface area contributed by atoms with Crippen molar-refractivity contribution in [3.05, 3.63) is 65.7 Å². The summed E-state index contributed by atoms with van der Waals surface area (Å²) in [5.41, 5.74) is 4.46. The van der Waals surface area contributed by atoms with E-state index in [1.165, 1.54) is 49.0 Å². The molecular formula is C24H32N2. The number of hydrogen-bond donors (Lipinski definition) is 1. The minimum atomic E-state index is 0.591. The Morgan fingerprint density at radius 1 is 0.962 bits per heavy atom. The van der Waals surface area contributed by atoms with E-state index in [2.05, 4.69) is 78.7 Å². The molecule has 0 amide bonds.